The van der Waals surface area contributed by atoms with Gasteiger partial charge in [-0.25, -0.2) is 0 Å². The van der Waals surface area contributed by atoms with Crippen LogP contribution in [0.2, 0.25) is 0 Å². The van der Waals surface area contributed by atoms with Gasteiger partial charge in [-0.1, -0.05) is 33.6 Å². The van der Waals surface area contributed by atoms with E-state index in [1.54, 1.807) is 0 Å². The molecule has 0 bridgehead atoms. The molecule has 1 unspecified atom stereocenters. The number of amides is 1. The highest BCUT2D eigenvalue weighted by molar-refractivity contribution is 8.00. The highest BCUT2D eigenvalue weighted by Gasteiger charge is 2.26. The van der Waals surface area contributed by atoms with Gasteiger partial charge < -0.3 is 11.1 Å². The summed E-state index contributed by atoms with van der Waals surface area (Å²) in [6.07, 6.45) is 7.12. The Kier molecular flexibility index (Phi) is 8.70. The smallest absolute Gasteiger partial charge is 0.236 e. The van der Waals surface area contributed by atoms with Gasteiger partial charge >= 0.3 is 0 Å². The van der Waals surface area contributed by atoms with E-state index in [0.29, 0.717) is 0 Å². The van der Waals surface area contributed by atoms with Crippen molar-refractivity contribution in [3.05, 3.63) is 0 Å². The molecule has 0 spiro atoms. The number of hydrogen-bond acceptors (Lipinski definition) is 3. The topological polar surface area (TPSA) is 55.1 Å². The summed E-state index contributed by atoms with van der Waals surface area (Å²) in [4.78, 5) is 11.8. The monoisotopic (exact) mass is 260 g/mol. The Morgan fingerprint density at radius 3 is 2.35 bits per heavy atom. The number of rotatable bonds is 9. The van der Waals surface area contributed by atoms with Crippen LogP contribution in [0.15, 0.2) is 0 Å². The normalized spacial score (nSPS) is 13.5. The molecule has 0 aromatic rings. The Morgan fingerprint density at radius 1 is 1.35 bits per heavy atom. The van der Waals surface area contributed by atoms with Crippen molar-refractivity contribution >= 4 is 17.7 Å². The van der Waals surface area contributed by atoms with Gasteiger partial charge in [-0.05, 0) is 25.5 Å². The lowest BCUT2D eigenvalue weighted by Crippen LogP contribution is -2.46. The van der Waals surface area contributed by atoms with Crippen LogP contribution in [0.5, 0.6) is 0 Å². The van der Waals surface area contributed by atoms with E-state index < -0.39 is 0 Å². The zero-order valence-electron chi connectivity index (χ0n) is 11.7. The second-order valence-corrected chi connectivity index (χ2v) is 5.84. The van der Waals surface area contributed by atoms with Crippen molar-refractivity contribution in [2.45, 2.75) is 63.7 Å². The van der Waals surface area contributed by atoms with Crippen molar-refractivity contribution in [2.24, 2.45) is 5.73 Å². The third-order valence-corrected chi connectivity index (χ3v) is 5.10. The van der Waals surface area contributed by atoms with Crippen LogP contribution in [0.1, 0.15) is 52.9 Å². The first-order valence-corrected chi connectivity index (χ1v) is 7.86. The van der Waals surface area contributed by atoms with E-state index >= 15 is 0 Å². The van der Waals surface area contributed by atoms with Crippen LogP contribution in [-0.2, 0) is 4.79 Å². The Morgan fingerprint density at radius 2 is 1.94 bits per heavy atom. The summed E-state index contributed by atoms with van der Waals surface area (Å²) in [5.41, 5.74) is 5.84. The lowest BCUT2D eigenvalue weighted by atomic mass is 10.0. The fourth-order valence-corrected chi connectivity index (χ4v) is 2.59. The van der Waals surface area contributed by atoms with Crippen molar-refractivity contribution in [3.8, 4) is 0 Å². The third kappa shape index (κ3) is 5.77. The first-order chi connectivity index (χ1) is 8.05. The zero-order valence-corrected chi connectivity index (χ0v) is 12.5. The van der Waals surface area contributed by atoms with E-state index in [2.05, 4.69) is 32.3 Å². The molecular formula is C13H28N2OS. The van der Waals surface area contributed by atoms with Crippen LogP contribution in [0.4, 0.5) is 0 Å². The van der Waals surface area contributed by atoms with E-state index in [9.17, 15) is 4.79 Å². The first kappa shape index (κ1) is 16.8. The second-order valence-electron chi connectivity index (χ2n) is 4.56. The lowest BCUT2D eigenvalue weighted by Gasteiger charge is -2.30. The maximum Gasteiger partial charge on any atom is 0.236 e. The van der Waals surface area contributed by atoms with Gasteiger partial charge in [0.1, 0.15) is 0 Å². The molecule has 1 amide bonds. The molecule has 0 aromatic carbocycles. The van der Waals surface area contributed by atoms with Gasteiger partial charge in [-0.3, -0.25) is 4.79 Å². The van der Waals surface area contributed by atoms with Crippen molar-refractivity contribution in [2.75, 3.05) is 12.8 Å². The summed E-state index contributed by atoms with van der Waals surface area (Å²) in [6, 6.07) is -0.344. The Balaban J connectivity index is 4.12. The number of thioether (sulfide) groups is 1. The van der Waals surface area contributed by atoms with Crippen molar-refractivity contribution in [1.29, 1.82) is 0 Å². The highest BCUT2D eigenvalue weighted by Crippen LogP contribution is 2.29. The second kappa shape index (κ2) is 8.81. The van der Waals surface area contributed by atoms with Crippen molar-refractivity contribution < 1.29 is 4.79 Å². The summed E-state index contributed by atoms with van der Waals surface area (Å²) in [6.45, 7) is 7.17. The standard InChI is InChI=1S/C13H28N2OS/c1-5-8-9-11(14)12(16)15-10-13(6-2,7-3)17-4/h11H,5-10,14H2,1-4H3,(H,15,16). The predicted octanol–water partition coefficient (Wildman–Crippen LogP) is 2.54. The van der Waals surface area contributed by atoms with Gasteiger partial charge in [-0.2, -0.15) is 11.8 Å². The number of hydrogen-bond donors (Lipinski definition) is 2. The fraction of sp³-hybridized carbons (Fsp3) is 0.923. The summed E-state index contributed by atoms with van der Waals surface area (Å²) in [7, 11) is 0. The predicted molar refractivity (Wildman–Crippen MR) is 77.3 cm³/mol. The molecular weight excluding hydrogens is 232 g/mol. The van der Waals surface area contributed by atoms with Crippen LogP contribution >= 0.6 is 11.8 Å². The van der Waals surface area contributed by atoms with Gasteiger partial charge in [0.15, 0.2) is 0 Å². The average Bonchev–Trinajstić information content (AvgIpc) is 2.37. The molecule has 0 saturated carbocycles. The molecule has 102 valence electrons. The molecule has 3 N–H and O–H groups in total. The minimum Gasteiger partial charge on any atom is -0.353 e. The summed E-state index contributed by atoms with van der Waals surface area (Å²) in [5, 5.41) is 3.00. The molecule has 0 aromatic heterocycles. The zero-order chi connectivity index (χ0) is 13.3. The molecule has 3 nitrogen and oxygen atoms in total. The van der Waals surface area contributed by atoms with Gasteiger partial charge in [0.05, 0.1) is 6.04 Å². The number of carbonyl (C=O) groups is 1. The molecule has 0 aliphatic heterocycles. The molecule has 0 saturated heterocycles. The van der Waals surface area contributed by atoms with E-state index in [4.69, 9.17) is 5.73 Å². The fourth-order valence-electron chi connectivity index (χ4n) is 1.80. The van der Waals surface area contributed by atoms with E-state index in [1.165, 1.54) is 0 Å². The highest BCUT2D eigenvalue weighted by atomic mass is 32.2. The first-order valence-electron chi connectivity index (χ1n) is 6.63. The number of nitrogens with two attached hydrogens (primary N) is 1. The Bertz CT molecular complexity index is 209. The molecule has 0 radical (unpaired) electrons. The van der Waals surface area contributed by atoms with E-state index in [0.717, 1.165) is 38.6 Å². The quantitative estimate of drug-likeness (QED) is 0.670. The van der Waals surface area contributed by atoms with Crippen molar-refractivity contribution in [1.82, 2.24) is 5.32 Å². The molecule has 0 fully saturated rings. The largest absolute Gasteiger partial charge is 0.353 e. The van der Waals surface area contributed by atoms with Crippen LogP contribution in [0.25, 0.3) is 0 Å². The van der Waals surface area contributed by atoms with E-state index in [-0.39, 0.29) is 16.7 Å². The van der Waals surface area contributed by atoms with Crippen LogP contribution < -0.4 is 11.1 Å². The molecule has 0 aliphatic rings. The maximum absolute atomic E-state index is 11.8. The minimum atomic E-state index is -0.344. The molecule has 1 atom stereocenters. The molecule has 0 rings (SSSR count). The molecule has 4 heteroatoms. The molecule has 0 heterocycles. The Labute approximate surface area is 110 Å². The summed E-state index contributed by atoms with van der Waals surface area (Å²) < 4.78 is 0.167. The van der Waals surface area contributed by atoms with Crippen molar-refractivity contribution in [3.63, 3.8) is 0 Å². The SMILES string of the molecule is CCCCC(N)C(=O)NCC(CC)(CC)SC. The van der Waals surface area contributed by atoms with Gasteiger partial charge in [0.2, 0.25) is 5.91 Å². The van der Waals surface area contributed by atoms with Gasteiger partial charge in [0, 0.05) is 11.3 Å². The minimum absolute atomic E-state index is 0.00113. The molecule has 0 aliphatic carbocycles. The van der Waals surface area contributed by atoms with Gasteiger partial charge in [-0.15, -0.1) is 0 Å². The molecule has 17 heavy (non-hydrogen) atoms. The Hall–Kier alpha value is -0.220. The van der Waals surface area contributed by atoms with Crippen LogP contribution in [0, 0.1) is 0 Å². The van der Waals surface area contributed by atoms with Crippen LogP contribution in [0.3, 0.4) is 0 Å². The van der Waals surface area contributed by atoms with Crippen LogP contribution in [-0.4, -0.2) is 29.5 Å². The lowest BCUT2D eigenvalue weighted by molar-refractivity contribution is -0.122. The number of unbranched alkanes of at least 4 members (excludes halogenated alkanes) is 1. The summed E-state index contributed by atoms with van der Waals surface area (Å²) in [5.74, 6) is -0.00113. The van der Waals surface area contributed by atoms with E-state index in [1.807, 2.05) is 11.8 Å². The number of nitrogens with one attached hydrogen (secondary N) is 1. The number of carbonyl (C=O) groups excluding carboxylic acids is 1. The third-order valence-electron chi connectivity index (χ3n) is 3.51. The maximum atomic E-state index is 11.8. The average molecular weight is 260 g/mol. The summed E-state index contributed by atoms with van der Waals surface area (Å²) >= 11 is 1.83. The van der Waals surface area contributed by atoms with Gasteiger partial charge in [0.25, 0.3) is 0 Å².